The smallest absolute Gasteiger partial charge is 0.127 e. The summed E-state index contributed by atoms with van der Waals surface area (Å²) < 4.78 is 38.1. The highest BCUT2D eigenvalue weighted by Gasteiger charge is 2.28. The first kappa shape index (κ1) is 20.0. The van der Waals surface area contributed by atoms with Crippen LogP contribution in [0, 0.1) is 11.2 Å². The van der Waals surface area contributed by atoms with E-state index in [0.29, 0.717) is 25.0 Å². The Hall–Kier alpha value is -1.24. The quantitative estimate of drug-likeness (QED) is 0.760. The zero-order valence-electron chi connectivity index (χ0n) is 17.1. The van der Waals surface area contributed by atoms with Gasteiger partial charge in [-0.15, -0.1) is 0 Å². The van der Waals surface area contributed by atoms with E-state index in [0.717, 1.165) is 54.3 Å². The average Bonchev–Trinajstić information content (AvgIpc) is 3.44. The number of hydrogen-bond donors (Lipinski definition) is 1. The Morgan fingerprint density at radius 3 is 2.57 bits per heavy atom. The molecule has 1 aromatic carbocycles. The van der Waals surface area contributed by atoms with Crippen LogP contribution in [0.4, 0.5) is 4.39 Å². The summed E-state index contributed by atoms with van der Waals surface area (Å²) >= 11 is 0. The van der Waals surface area contributed by atoms with Crippen LogP contribution >= 0.6 is 0 Å². The van der Waals surface area contributed by atoms with E-state index < -0.39 is 11.0 Å². The molecule has 1 saturated heterocycles. The van der Waals surface area contributed by atoms with Gasteiger partial charge in [-0.05, 0) is 60.3 Å². The second-order valence-electron chi connectivity index (χ2n) is 9.44. The van der Waals surface area contributed by atoms with E-state index in [4.69, 9.17) is 4.74 Å². The predicted molar refractivity (Wildman–Crippen MR) is 112 cm³/mol. The standard InChI is InChI=1S/C22H31FN2O2S/c1-22(2,3)14-25-13-16(12-24-28(26)17-4-5-17)19-10-20(23)18(11-21(19)25)15-6-8-27-9-7-15/h10-11,13,15,17,24H,4-9,12,14H2,1-3H3. The Kier molecular flexibility index (Phi) is 5.64. The first-order chi connectivity index (χ1) is 13.3. The summed E-state index contributed by atoms with van der Waals surface area (Å²) in [7, 11) is -0.994. The van der Waals surface area contributed by atoms with E-state index in [1.54, 1.807) is 6.07 Å². The van der Waals surface area contributed by atoms with Crippen LogP contribution in [0.2, 0.25) is 0 Å². The van der Waals surface area contributed by atoms with Crippen molar-refractivity contribution in [2.24, 2.45) is 5.41 Å². The molecule has 1 N–H and O–H groups in total. The monoisotopic (exact) mass is 406 g/mol. The first-order valence-electron chi connectivity index (χ1n) is 10.3. The molecule has 4 rings (SSSR count). The van der Waals surface area contributed by atoms with Gasteiger partial charge in [0.15, 0.2) is 0 Å². The van der Waals surface area contributed by atoms with Gasteiger partial charge in [-0.25, -0.2) is 13.3 Å². The average molecular weight is 407 g/mol. The van der Waals surface area contributed by atoms with Gasteiger partial charge in [0.2, 0.25) is 0 Å². The van der Waals surface area contributed by atoms with Gasteiger partial charge in [-0.2, -0.15) is 0 Å². The minimum absolute atomic E-state index is 0.112. The Morgan fingerprint density at radius 1 is 1.21 bits per heavy atom. The van der Waals surface area contributed by atoms with Gasteiger partial charge in [0.05, 0.1) is 11.0 Å². The summed E-state index contributed by atoms with van der Waals surface area (Å²) in [6.45, 7) is 9.40. The van der Waals surface area contributed by atoms with Gasteiger partial charge < -0.3 is 9.30 Å². The molecule has 154 valence electrons. The van der Waals surface area contributed by atoms with Gasteiger partial charge in [-0.1, -0.05) is 20.8 Å². The molecule has 1 saturated carbocycles. The topological polar surface area (TPSA) is 43.3 Å². The number of fused-ring (bicyclic) bond motifs is 1. The molecule has 1 aromatic heterocycles. The van der Waals surface area contributed by atoms with Gasteiger partial charge in [0, 0.05) is 48.7 Å². The van der Waals surface area contributed by atoms with Crippen molar-refractivity contribution in [1.82, 2.24) is 9.29 Å². The minimum atomic E-state index is -0.994. The molecule has 2 aromatic rings. The Morgan fingerprint density at radius 2 is 1.93 bits per heavy atom. The van der Waals surface area contributed by atoms with Crippen LogP contribution in [0.25, 0.3) is 10.9 Å². The van der Waals surface area contributed by atoms with Crippen molar-refractivity contribution in [3.8, 4) is 0 Å². The molecular formula is C22H31FN2O2S. The number of nitrogens with zero attached hydrogens (tertiary/aromatic N) is 1. The Balaban J connectivity index is 1.70. The van der Waals surface area contributed by atoms with Gasteiger partial charge >= 0.3 is 0 Å². The highest BCUT2D eigenvalue weighted by molar-refractivity contribution is 7.83. The third-order valence-corrected chi connectivity index (χ3v) is 7.13. The van der Waals surface area contributed by atoms with E-state index in [2.05, 4.69) is 36.3 Å². The van der Waals surface area contributed by atoms with Crippen LogP contribution in [-0.4, -0.2) is 27.2 Å². The summed E-state index contributed by atoms with van der Waals surface area (Å²) in [6, 6.07) is 3.74. The van der Waals surface area contributed by atoms with Crippen LogP contribution in [0.5, 0.6) is 0 Å². The number of hydrogen-bond acceptors (Lipinski definition) is 2. The first-order valence-corrected chi connectivity index (χ1v) is 11.6. The van der Waals surface area contributed by atoms with Crippen molar-refractivity contribution >= 4 is 21.9 Å². The van der Waals surface area contributed by atoms with Crippen LogP contribution in [0.1, 0.15) is 63.5 Å². The molecular weight excluding hydrogens is 375 g/mol. The normalized spacial score (nSPS) is 20.0. The number of aromatic nitrogens is 1. The van der Waals surface area contributed by atoms with Gasteiger partial charge in [-0.3, -0.25) is 0 Å². The molecule has 2 fully saturated rings. The van der Waals surface area contributed by atoms with Gasteiger partial charge in [0.1, 0.15) is 5.82 Å². The second kappa shape index (κ2) is 7.88. The molecule has 2 aliphatic rings. The summed E-state index contributed by atoms with van der Waals surface area (Å²) in [4.78, 5) is 0. The fourth-order valence-electron chi connectivity index (χ4n) is 4.05. The largest absolute Gasteiger partial charge is 0.381 e. The lowest BCUT2D eigenvalue weighted by Gasteiger charge is -2.24. The maximum atomic E-state index is 15.0. The predicted octanol–water partition coefficient (Wildman–Crippen LogP) is 4.64. The SMILES string of the molecule is CC(C)(C)Cn1cc(CNS(=O)C2CC2)c2cc(F)c(C3CCOCC3)cc21. The molecule has 0 spiro atoms. The number of halogens is 1. The van der Waals surface area contributed by atoms with E-state index in [9.17, 15) is 4.21 Å². The van der Waals surface area contributed by atoms with Crippen LogP contribution in [-0.2, 0) is 28.8 Å². The van der Waals surface area contributed by atoms with Crippen molar-refractivity contribution < 1.29 is 13.3 Å². The molecule has 28 heavy (non-hydrogen) atoms. The van der Waals surface area contributed by atoms with Gasteiger partial charge in [0.25, 0.3) is 0 Å². The molecule has 1 atom stereocenters. The summed E-state index contributed by atoms with van der Waals surface area (Å²) in [6.07, 6.45) is 5.93. The van der Waals surface area contributed by atoms with Crippen LogP contribution in [0.15, 0.2) is 18.3 Å². The van der Waals surface area contributed by atoms with E-state index in [1.165, 1.54) is 0 Å². The maximum absolute atomic E-state index is 15.0. The molecule has 4 nitrogen and oxygen atoms in total. The molecule has 1 aliphatic heterocycles. The zero-order chi connectivity index (χ0) is 19.9. The van der Waals surface area contributed by atoms with Crippen LogP contribution < -0.4 is 4.72 Å². The maximum Gasteiger partial charge on any atom is 0.127 e. The number of benzene rings is 1. The molecule has 6 heteroatoms. The van der Waals surface area contributed by atoms with E-state index >= 15 is 4.39 Å². The van der Waals surface area contributed by atoms with Crippen LogP contribution in [0.3, 0.4) is 0 Å². The van der Waals surface area contributed by atoms with Crippen molar-refractivity contribution in [2.45, 2.75) is 70.7 Å². The van der Waals surface area contributed by atoms with Crippen molar-refractivity contribution in [3.05, 3.63) is 35.3 Å². The summed E-state index contributed by atoms with van der Waals surface area (Å²) in [5.74, 6) is 0.0950. The highest BCUT2D eigenvalue weighted by Crippen LogP contribution is 2.34. The Bertz CT molecular complexity index is 877. The second-order valence-corrected chi connectivity index (χ2v) is 11.0. The lowest BCUT2D eigenvalue weighted by atomic mass is 9.90. The minimum Gasteiger partial charge on any atom is -0.381 e. The molecule has 0 bridgehead atoms. The van der Waals surface area contributed by atoms with E-state index in [-0.39, 0.29) is 17.2 Å². The molecule has 2 heterocycles. The van der Waals surface area contributed by atoms with E-state index in [1.807, 2.05) is 6.07 Å². The van der Waals surface area contributed by atoms with Crippen molar-refractivity contribution in [3.63, 3.8) is 0 Å². The molecule has 1 aliphatic carbocycles. The zero-order valence-corrected chi connectivity index (χ0v) is 17.9. The molecule has 0 radical (unpaired) electrons. The lowest BCUT2D eigenvalue weighted by molar-refractivity contribution is 0.0846. The number of nitrogens with one attached hydrogen (secondary N) is 1. The lowest BCUT2D eigenvalue weighted by Crippen LogP contribution is -2.19. The summed E-state index contributed by atoms with van der Waals surface area (Å²) in [5.41, 5.74) is 3.02. The fourth-order valence-corrected chi connectivity index (χ4v) is 5.15. The number of ether oxygens (including phenoxy) is 1. The fraction of sp³-hybridized carbons (Fsp3) is 0.636. The summed E-state index contributed by atoms with van der Waals surface area (Å²) in [5, 5.41) is 1.22. The molecule has 0 amide bonds. The third kappa shape index (κ3) is 4.50. The van der Waals surface area contributed by atoms with Crippen molar-refractivity contribution in [1.29, 1.82) is 0 Å². The highest BCUT2D eigenvalue weighted by atomic mass is 32.2. The Labute approximate surface area is 169 Å². The van der Waals surface area contributed by atoms with Crippen molar-refractivity contribution in [2.75, 3.05) is 13.2 Å². The number of rotatable bonds is 6. The third-order valence-electron chi connectivity index (χ3n) is 5.62. The molecule has 1 unspecified atom stereocenters.